The van der Waals surface area contributed by atoms with Crippen LogP contribution >= 0.6 is 0 Å². The molecule has 1 amide bonds. The summed E-state index contributed by atoms with van der Waals surface area (Å²) in [6.45, 7) is 5.15. The number of carbonyl (C=O) groups is 1. The van der Waals surface area contributed by atoms with Crippen molar-refractivity contribution in [2.75, 3.05) is 19.6 Å². The fourth-order valence-electron chi connectivity index (χ4n) is 3.44. The summed E-state index contributed by atoms with van der Waals surface area (Å²) < 4.78 is 27.2. The lowest BCUT2D eigenvalue weighted by atomic mass is 9.97. The van der Waals surface area contributed by atoms with Crippen molar-refractivity contribution in [3.05, 3.63) is 29.3 Å². The van der Waals surface area contributed by atoms with Crippen molar-refractivity contribution < 1.29 is 13.2 Å². The van der Waals surface area contributed by atoms with Gasteiger partial charge < -0.3 is 11.1 Å². The molecule has 3 rings (SSSR count). The van der Waals surface area contributed by atoms with E-state index in [-0.39, 0.29) is 17.9 Å². The number of hydrogen-bond donors (Lipinski definition) is 2. The van der Waals surface area contributed by atoms with E-state index in [1.54, 1.807) is 12.1 Å². The Labute approximate surface area is 156 Å². The second kappa shape index (κ2) is 7.66. The molecule has 2 aliphatic rings. The highest BCUT2D eigenvalue weighted by atomic mass is 32.2. The van der Waals surface area contributed by atoms with E-state index in [1.807, 2.05) is 19.9 Å². The summed E-state index contributed by atoms with van der Waals surface area (Å²) in [4.78, 5) is 12.7. The highest BCUT2D eigenvalue weighted by Crippen LogP contribution is 2.31. The maximum Gasteiger partial charge on any atom is 0.243 e. The molecule has 1 aromatic rings. The zero-order valence-electron chi connectivity index (χ0n) is 15.6. The van der Waals surface area contributed by atoms with E-state index in [0.29, 0.717) is 43.3 Å². The summed E-state index contributed by atoms with van der Waals surface area (Å²) in [6, 6.07) is 5.27. The van der Waals surface area contributed by atoms with Gasteiger partial charge in [0, 0.05) is 31.6 Å². The van der Waals surface area contributed by atoms with E-state index in [2.05, 4.69) is 5.32 Å². The van der Waals surface area contributed by atoms with Crippen molar-refractivity contribution in [2.24, 2.45) is 17.6 Å². The van der Waals surface area contributed by atoms with Crippen molar-refractivity contribution in [3.63, 3.8) is 0 Å². The maximum atomic E-state index is 12.8. The van der Waals surface area contributed by atoms with Crippen molar-refractivity contribution in [1.29, 1.82) is 0 Å². The van der Waals surface area contributed by atoms with Crippen LogP contribution in [0.25, 0.3) is 0 Å². The molecule has 1 saturated carbocycles. The van der Waals surface area contributed by atoms with Gasteiger partial charge >= 0.3 is 0 Å². The Bertz CT molecular complexity index is 766. The first-order chi connectivity index (χ1) is 12.3. The molecule has 1 aliphatic carbocycles. The van der Waals surface area contributed by atoms with Gasteiger partial charge in [-0.3, -0.25) is 4.79 Å². The van der Waals surface area contributed by atoms with Crippen molar-refractivity contribution in [3.8, 4) is 0 Å². The van der Waals surface area contributed by atoms with E-state index in [0.717, 1.165) is 24.0 Å². The number of aryl methyl sites for hydroxylation is 2. The van der Waals surface area contributed by atoms with Crippen LogP contribution in [0.1, 0.15) is 36.8 Å². The van der Waals surface area contributed by atoms with Gasteiger partial charge in [-0.25, -0.2) is 8.42 Å². The van der Waals surface area contributed by atoms with Gasteiger partial charge in [0.25, 0.3) is 0 Å². The van der Waals surface area contributed by atoms with Crippen LogP contribution in [0.15, 0.2) is 23.1 Å². The first kappa shape index (κ1) is 19.3. The standard InChI is InChI=1S/C19H29N3O3S/c1-13-3-6-17(11-14(13)2)26(24,25)22-9-7-16(8-10-22)19(23)21-12-18(20)15-4-5-15/h3,6,11,15-16,18H,4-5,7-10,12,20H2,1-2H3,(H,21,23). The Morgan fingerprint density at radius 2 is 1.85 bits per heavy atom. The average Bonchev–Trinajstić information content (AvgIpc) is 3.47. The van der Waals surface area contributed by atoms with Crippen molar-refractivity contribution in [1.82, 2.24) is 9.62 Å². The van der Waals surface area contributed by atoms with Gasteiger partial charge in [-0.05, 0) is 68.7 Å². The van der Waals surface area contributed by atoms with Crippen LogP contribution < -0.4 is 11.1 Å². The molecule has 6 nitrogen and oxygen atoms in total. The quantitative estimate of drug-likeness (QED) is 0.784. The van der Waals surface area contributed by atoms with Crippen LogP contribution in [-0.4, -0.2) is 44.3 Å². The van der Waals surface area contributed by atoms with Crippen LogP contribution in [-0.2, 0) is 14.8 Å². The summed E-state index contributed by atoms with van der Waals surface area (Å²) in [5, 5.41) is 2.94. The van der Waals surface area contributed by atoms with E-state index >= 15 is 0 Å². The fraction of sp³-hybridized carbons (Fsp3) is 0.632. The molecule has 1 atom stereocenters. The highest BCUT2D eigenvalue weighted by Gasteiger charge is 2.33. The minimum Gasteiger partial charge on any atom is -0.354 e. The lowest BCUT2D eigenvalue weighted by Crippen LogP contribution is -2.45. The third-order valence-electron chi connectivity index (χ3n) is 5.68. The molecule has 26 heavy (non-hydrogen) atoms. The van der Waals surface area contributed by atoms with Crippen LogP contribution in [0.4, 0.5) is 0 Å². The molecule has 1 heterocycles. The molecule has 1 aliphatic heterocycles. The summed E-state index contributed by atoms with van der Waals surface area (Å²) >= 11 is 0. The minimum absolute atomic E-state index is 0.00401. The molecule has 3 N–H and O–H groups in total. The molecule has 7 heteroatoms. The Balaban J connectivity index is 1.55. The van der Waals surface area contributed by atoms with Gasteiger partial charge in [0.1, 0.15) is 0 Å². The van der Waals surface area contributed by atoms with Gasteiger partial charge in [0.05, 0.1) is 4.90 Å². The van der Waals surface area contributed by atoms with Crippen molar-refractivity contribution in [2.45, 2.75) is 50.5 Å². The average molecular weight is 380 g/mol. The van der Waals surface area contributed by atoms with Gasteiger partial charge in [0.2, 0.25) is 15.9 Å². The predicted octanol–water partition coefficient (Wildman–Crippen LogP) is 1.56. The predicted molar refractivity (Wildman–Crippen MR) is 101 cm³/mol. The number of benzene rings is 1. The summed E-state index contributed by atoms with van der Waals surface area (Å²) in [6.07, 6.45) is 3.42. The third kappa shape index (κ3) is 4.27. The second-order valence-corrected chi connectivity index (χ2v) is 9.61. The number of sulfonamides is 1. The maximum absolute atomic E-state index is 12.8. The number of carbonyl (C=O) groups excluding carboxylic acids is 1. The topological polar surface area (TPSA) is 92.5 Å². The van der Waals surface area contributed by atoms with E-state index < -0.39 is 10.0 Å². The molecule has 0 spiro atoms. The molecule has 0 aromatic heterocycles. The number of nitrogens with one attached hydrogen (secondary N) is 1. The summed E-state index contributed by atoms with van der Waals surface area (Å²) in [5.41, 5.74) is 8.06. The zero-order valence-corrected chi connectivity index (χ0v) is 16.4. The number of nitrogens with zero attached hydrogens (tertiary/aromatic N) is 1. The van der Waals surface area contributed by atoms with Gasteiger partial charge in [0.15, 0.2) is 0 Å². The van der Waals surface area contributed by atoms with Crippen LogP contribution in [0.5, 0.6) is 0 Å². The largest absolute Gasteiger partial charge is 0.354 e. The molecule has 0 radical (unpaired) electrons. The molecule has 1 unspecified atom stereocenters. The Morgan fingerprint density at radius 1 is 1.19 bits per heavy atom. The Kier molecular flexibility index (Phi) is 5.69. The van der Waals surface area contributed by atoms with Gasteiger partial charge in [-0.2, -0.15) is 4.31 Å². The Morgan fingerprint density at radius 3 is 2.42 bits per heavy atom. The van der Waals surface area contributed by atoms with E-state index in [1.165, 1.54) is 4.31 Å². The smallest absolute Gasteiger partial charge is 0.243 e. The van der Waals surface area contributed by atoms with E-state index in [9.17, 15) is 13.2 Å². The third-order valence-corrected chi connectivity index (χ3v) is 7.58. The Hall–Kier alpha value is -1.44. The van der Waals surface area contributed by atoms with Crippen LogP contribution in [0, 0.1) is 25.7 Å². The highest BCUT2D eigenvalue weighted by molar-refractivity contribution is 7.89. The monoisotopic (exact) mass is 379 g/mol. The molecular formula is C19H29N3O3S. The fourth-order valence-corrected chi connectivity index (χ4v) is 4.99. The number of piperidine rings is 1. The minimum atomic E-state index is -3.50. The summed E-state index contributed by atoms with van der Waals surface area (Å²) in [5.74, 6) is 0.428. The molecule has 0 bridgehead atoms. The lowest BCUT2D eigenvalue weighted by Gasteiger charge is -2.31. The van der Waals surface area contributed by atoms with Gasteiger partial charge in [-0.1, -0.05) is 6.07 Å². The first-order valence-corrected chi connectivity index (χ1v) is 10.8. The number of amides is 1. The first-order valence-electron chi connectivity index (χ1n) is 9.39. The van der Waals surface area contributed by atoms with Gasteiger partial charge in [-0.15, -0.1) is 0 Å². The molecule has 2 fully saturated rings. The molecular weight excluding hydrogens is 350 g/mol. The second-order valence-electron chi connectivity index (χ2n) is 7.67. The SMILES string of the molecule is Cc1ccc(S(=O)(=O)N2CCC(C(=O)NCC(N)C3CC3)CC2)cc1C. The van der Waals surface area contributed by atoms with Crippen LogP contribution in [0.3, 0.4) is 0 Å². The molecule has 1 aromatic carbocycles. The molecule has 144 valence electrons. The molecule has 1 saturated heterocycles. The van der Waals surface area contributed by atoms with Crippen molar-refractivity contribution >= 4 is 15.9 Å². The van der Waals surface area contributed by atoms with Crippen LogP contribution in [0.2, 0.25) is 0 Å². The zero-order chi connectivity index (χ0) is 18.9. The normalized spacial score (nSPS) is 20.7. The number of hydrogen-bond acceptors (Lipinski definition) is 4. The van der Waals surface area contributed by atoms with E-state index in [4.69, 9.17) is 5.73 Å². The number of nitrogens with two attached hydrogens (primary N) is 1. The summed E-state index contributed by atoms with van der Waals surface area (Å²) in [7, 11) is -3.50. The lowest BCUT2D eigenvalue weighted by molar-refractivity contribution is -0.126. The number of rotatable bonds is 6.